The van der Waals surface area contributed by atoms with Crippen molar-refractivity contribution in [1.82, 2.24) is 14.7 Å². The molecule has 15 heteroatoms. The Labute approximate surface area is 413 Å². The molecule has 382 valence electrons. The average Bonchev–Trinajstić information content (AvgIpc) is 3.83. The van der Waals surface area contributed by atoms with Crippen molar-refractivity contribution < 1.29 is 43.9 Å². The number of Topliss-reactive ketones (excluding diaryl/α,β-unsaturated/α-hetero) is 1. The van der Waals surface area contributed by atoms with Crippen LogP contribution in [0.5, 0.6) is 17.2 Å². The number of carbonyl (C=O) groups excluding carboxylic acids is 3. The summed E-state index contributed by atoms with van der Waals surface area (Å²) in [4.78, 5) is 59.9. The van der Waals surface area contributed by atoms with Crippen LogP contribution in [0.2, 0.25) is 0 Å². The molecule has 2 saturated heterocycles. The lowest BCUT2D eigenvalue weighted by Gasteiger charge is -2.39. The van der Waals surface area contributed by atoms with Gasteiger partial charge in [0.15, 0.2) is 11.4 Å². The number of ketones is 1. The van der Waals surface area contributed by atoms with E-state index < -0.39 is 47.0 Å². The van der Waals surface area contributed by atoms with Gasteiger partial charge in [-0.25, -0.2) is 4.79 Å². The van der Waals surface area contributed by atoms with Gasteiger partial charge in [0.05, 0.1) is 28.7 Å². The Hall–Kier alpha value is -4.99. The first kappa shape index (κ1) is 51.4. The lowest BCUT2D eigenvalue weighted by atomic mass is 9.80. The molecule has 4 N–H and O–H groups in total. The van der Waals surface area contributed by atoms with E-state index in [0.717, 1.165) is 45.2 Å². The van der Waals surface area contributed by atoms with Crippen LogP contribution in [-0.4, -0.2) is 124 Å². The highest BCUT2D eigenvalue weighted by Gasteiger charge is 2.50. The number of hydrogen-bond donors (Lipinski definition) is 4. The third-order valence-electron chi connectivity index (χ3n) is 16.0. The van der Waals surface area contributed by atoms with Gasteiger partial charge in [-0.15, -0.1) is 0 Å². The van der Waals surface area contributed by atoms with E-state index in [0.29, 0.717) is 50.3 Å². The van der Waals surface area contributed by atoms with Crippen molar-refractivity contribution in [1.29, 1.82) is 0 Å². The zero-order valence-corrected chi connectivity index (χ0v) is 43.1. The standard InChI is InChI=1S/C55H78N6O9/c1-32(2)30-59-22-20-55(21-23-59)57-43-40-41-47(63)38(8)50-42(40)51(65)54(9,70-50)68-28-14-17-34(4)49(69-53(67)61-26-24-60(25-27-61)31-39-18-11-10-12-19-39)37(7)46(62)36(6)29-33(3)15-13-16-35(5)52(66)56-45(48(41)64)44(43)58-55/h13-16,28,32-34,36-37,39,46,49,62-64H,10-12,17-27,29-31H2,1-9H3,(H,56,66)/b15-13+,28-14+,35-16-/t33?,34-,36-,37-,46?,49?,54?/m1/s1. The van der Waals surface area contributed by atoms with Crippen LogP contribution in [0.15, 0.2) is 46.1 Å². The third-order valence-corrected chi connectivity index (χ3v) is 16.0. The maximum Gasteiger partial charge on any atom is 0.410 e. The topological polar surface area (TPSA) is 186 Å². The van der Waals surface area contributed by atoms with Gasteiger partial charge in [-0.3, -0.25) is 24.5 Å². The number of rotatable bonds is 5. The highest BCUT2D eigenvalue weighted by atomic mass is 16.7. The molecule has 0 radical (unpaired) electrons. The van der Waals surface area contributed by atoms with E-state index in [9.17, 15) is 29.7 Å². The number of carbonyl (C=O) groups is 3. The number of nitrogens with one attached hydrogen (secondary N) is 1. The Kier molecular flexibility index (Phi) is 15.4. The summed E-state index contributed by atoms with van der Waals surface area (Å²) in [5.41, 5.74) is -0.269. The van der Waals surface area contributed by atoms with E-state index in [1.807, 2.05) is 32.9 Å². The number of benzene rings is 2. The number of fused-ring (bicyclic) bond motifs is 13. The van der Waals surface area contributed by atoms with Crippen LogP contribution in [0.1, 0.15) is 129 Å². The lowest BCUT2D eigenvalue weighted by molar-refractivity contribution is -0.112. The maximum absolute atomic E-state index is 14.9. The first-order valence-corrected chi connectivity index (χ1v) is 26.1. The van der Waals surface area contributed by atoms with Crippen molar-refractivity contribution in [3.63, 3.8) is 0 Å². The highest BCUT2D eigenvalue weighted by Crippen LogP contribution is 2.50. The largest absolute Gasteiger partial charge is 0.507 e. The molecule has 2 amide bonds. The monoisotopic (exact) mass is 967 g/mol. The minimum atomic E-state index is -1.87. The number of aromatic hydroxyl groups is 2. The van der Waals surface area contributed by atoms with Gasteiger partial charge in [0.25, 0.3) is 11.7 Å². The van der Waals surface area contributed by atoms with Gasteiger partial charge in [0.1, 0.15) is 28.6 Å². The number of aliphatic hydroxyl groups excluding tert-OH is 1. The van der Waals surface area contributed by atoms with Crippen LogP contribution in [0.4, 0.5) is 10.5 Å². The quantitative estimate of drug-likeness (QED) is 0.213. The Morgan fingerprint density at radius 3 is 2.29 bits per heavy atom. The average molecular weight is 967 g/mol. The van der Waals surface area contributed by atoms with Crippen molar-refractivity contribution in [3.05, 3.63) is 58.0 Å². The van der Waals surface area contributed by atoms with Gasteiger partial charge in [0, 0.05) is 94.6 Å². The van der Waals surface area contributed by atoms with Gasteiger partial charge in [-0.2, -0.15) is 0 Å². The van der Waals surface area contributed by atoms with Crippen LogP contribution in [0.3, 0.4) is 0 Å². The lowest BCUT2D eigenvalue weighted by Crippen LogP contribution is -2.51. The van der Waals surface area contributed by atoms with E-state index >= 15 is 0 Å². The van der Waals surface area contributed by atoms with Crippen molar-refractivity contribution in [3.8, 4) is 17.2 Å². The van der Waals surface area contributed by atoms with E-state index in [1.165, 1.54) is 45.3 Å². The zero-order valence-electron chi connectivity index (χ0n) is 43.1. The second-order valence-electron chi connectivity index (χ2n) is 22.2. The SMILES string of the molecule is C/C1=C/C=C/C(C)C[C@@H](C)C(O)[C@@H](C)C(OC(=O)N2CCN(CC3CCCCC3)CC2)[C@H](C)C/C=C/OC2(C)Oc3c(C)c(O)c4c(O)c(c5c(c4c3C2=O)=NC2(CCN(CC(C)C)CC2)N=5)NC1=O. The normalized spacial score (nSPS) is 31.1. The van der Waals surface area contributed by atoms with Gasteiger partial charge in [0.2, 0.25) is 0 Å². The number of nitrogens with zero attached hydrogens (tertiary/aromatic N) is 5. The Bertz CT molecular complexity index is 2530. The number of allylic oxidation sites excluding steroid dienone is 4. The summed E-state index contributed by atoms with van der Waals surface area (Å²) in [7, 11) is 0. The molecule has 6 heterocycles. The number of piperazine rings is 1. The summed E-state index contributed by atoms with van der Waals surface area (Å²) in [6.07, 6.45) is 15.5. The minimum absolute atomic E-state index is 0.00252. The summed E-state index contributed by atoms with van der Waals surface area (Å²) >= 11 is 0. The van der Waals surface area contributed by atoms with Crippen LogP contribution >= 0.6 is 0 Å². The van der Waals surface area contributed by atoms with Crippen molar-refractivity contribution >= 4 is 34.2 Å². The zero-order chi connectivity index (χ0) is 50.2. The van der Waals surface area contributed by atoms with E-state index in [-0.39, 0.29) is 73.6 Å². The van der Waals surface area contributed by atoms with Gasteiger partial charge >= 0.3 is 11.9 Å². The molecule has 5 bridgehead atoms. The molecule has 70 heavy (non-hydrogen) atoms. The first-order chi connectivity index (χ1) is 33.3. The number of piperidine rings is 1. The van der Waals surface area contributed by atoms with Gasteiger partial charge < -0.3 is 44.6 Å². The predicted molar refractivity (Wildman–Crippen MR) is 269 cm³/mol. The first-order valence-electron chi connectivity index (χ1n) is 26.1. The number of amides is 2. The molecule has 2 aromatic rings. The minimum Gasteiger partial charge on any atom is -0.507 e. The second kappa shape index (κ2) is 21.0. The van der Waals surface area contributed by atoms with E-state index in [1.54, 1.807) is 30.9 Å². The van der Waals surface area contributed by atoms with Crippen LogP contribution < -0.4 is 20.8 Å². The fourth-order valence-electron chi connectivity index (χ4n) is 11.8. The van der Waals surface area contributed by atoms with Crippen molar-refractivity contribution in [2.45, 2.75) is 144 Å². The molecule has 4 unspecified atom stereocenters. The van der Waals surface area contributed by atoms with Crippen LogP contribution in [0, 0.1) is 42.4 Å². The van der Waals surface area contributed by atoms with E-state index in [2.05, 4.69) is 35.9 Å². The molecule has 7 atom stereocenters. The molecule has 1 saturated carbocycles. The van der Waals surface area contributed by atoms with Gasteiger partial charge in [-0.05, 0) is 75.2 Å². The second-order valence-corrected chi connectivity index (χ2v) is 22.2. The molecule has 7 aliphatic rings. The molecule has 1 spiro atoms. The van der Waals surface area contributed by atoms with Crippen molar-refractivity contribution in [2.24, 2.45) is 45.5 Å². The maximum atomic E-state index is 14.9. The van der Waals surface area contributed by atoms with Crippen LogP contribution in [0.25, 0.3) is 10.8 Å². The number of ether oxygens (including phenoxy) is 3. The Morgan fingerprint density at radius 2 is 1.60 bits per heavy atom. The fourth-order valence-corrected chi connectivity index (χ4v) is 11.8. The smallest absolute Gasteiger partial charge is 0.410 e. The van der Waals surface area contributed by atoms with E-state index in [4.69, 9.17) is 24.2 Å². The molecular formula is C55H78N6O9. The summed E-state index contributed by atoms with van der Waals surface area (Å²) in [5.74, 6) is -3.21. The molecule has 2 aromatic carbocycles. The number of phenolic OH excluding ortho intramolecular Hbond substituents is 2. The molecule has 15 nitrogen and oxygen atoms in total. The number of anilines is 1. The summed E-state index contributed by atoms with van der Waals surface area (Å²) < 4.78 is 19.0. The predicted octanol–water partition coefficient (Wildman–Crippen LogP) is 7.93. The number of likely N-dealkylation sites (tertiary alicyclic amines) is 1. The Morgan fingerprint density at radius 1 is 0.914 bits per heavy atom. The van der Waals surface area contributed by atoms with Crippen LogP contribution in [-0.2, 0) is 14.3 Å². The molecule has 1 aliphatic carbocycles. The van der Waals surface area contributed by atoms with Crippen molar-refractivity contribution in [2.75, 3.05) is 57.7 Å². The molecular weight excluding hydrogens is 889 g/mol. The molecule has 9 rings (SSSR count). The number of aliphatic hydroxyl groups is 1. The fraction of sp³-hybridized carbons (Fsp3) is 0.655. The number of hydrogen-bond acceptors (Lipinski definition) is 13. The third kappa shape index (κ3) is 10.5. The summed E-state index contributed by atoms with van der Waals surface area (Å²) in [5, 5.41) is 39.6. The summed E-state index contributed by atoms with van der Waals surface area (Å²) in [6.45, 7) is 23.4. The summed E-state index contributed by atoms with van der Waals surface area (Å²) in [6, 6.07) is 0. The highest BCUT2D eigenvalue weighted by molar-refractivity contribution is 6.19. The number of phenols is 2. The Balaban J connectivity index is 1.12. The molecule has 3 fully saturated rings. The van der Waals surface area contributed by atoms with Gasteiger partial charge in [-0.1, -0.05) is 79.0 Å². The molecule has 6 aliphatic heterocycles. The molecule has 0 aromatic heterocycles.